The molecule has 2 aliphatic carbocycles. The lowest BCUT2D eigenvalue weighted by Crippen LogP contribution is -2.52. The molecule has 3 heteroatoms. The van der Waals surface area contributed by atoms with Crippen LogP contribution >= 0.6 is 0 Å². The molecule has 0 radical (unpaired) electrons. The Kier molecular flexibility index (Phi) is 3.96. The van der Waals surface area contributed by atoms with Gasteiger partial charge < -0.3 is 9.53 Å². The predicted octanol–water partition coefficient (Wildman–Crippen LogP) is 4.34. The van der Waals surface area contributed by atoms with Crippen LogP contribution in [0.1, 0.15) is 59.8 Å². The molecule has 0 aliphatic heterocycles. The smallest absolute Gasteiger partial charge is 0.192 e. The summed E-state index contributed by atoms with van der Waals surface area (Å²) in [5.41, 5.74) is 0.116. The third-order valence-electron chi connectivity index (χ3n) is 6.26. The van der Waals surface area contributed by atoms with Gasteiger partial charge >= 0.3 is 0 Å². The van der Waals surface area contributed by atoms with Gasteiger partial charge in [-0.3, -0.25) is 0 Å². The first kappa shape index (κ1) is 15.5. The Hall–Kier alpha value is 0.137. The Morgan fingerprint density at radius 3 is 2.37 bits per heavy atom. The van der Waals surface area contributed by atoms with E-state index in [0.29, 0.717) is 12.0 Å². The topological polar surface area (TPSA) is 29.5 Å². The molecule has 0 aromatic carbocycles. The largest absolute Gasteiger partial charge is 0.414 e. The highest BCUT2D eigenvalue weighted by atomic mass is 28.4. The highest BCUT2D eigenvalue weighted by Gasteiger charge is 2.52. The van der Waals surface area contributed by atoms with Crippen LogP contribution in [0.3, 0.4) is 0 Å². The molecule has 0 aromatic rings. The number of rotatable bonds is 2. The average Bonchev–Trinajstić information content (AvgIpc) is 2.65. The standard InChI is InChI=1S/C16H32O2Si/c1-15(2,3)19(5,6)18-13-9-10-14(17)16(4)11-7-8-12(13)16/h12-14,17H,7-11H2,1-6H3/t12-,13-,14-,16+/m0/s1. The molecule has 2 nitrogen and oxygen atoms in total. The van der Waals surface area contributed by atoms with Gasteiger partial charge in [0.25, 0.3) is 0 Å². The molecular weight excluding hydrogens is 252 g/mol. The fraction of sp³-hybridized carbons (Fsp3) is 1.00. The van der Waals surface area contributed by atoms with E-state index in [1.165, 1.54) is 19.3 Å². The first-order valence-corrected chi connectivity index (χ1v) is 10.8. The second kappa shape index (κ2) is 4.85. The monoisotopic (exact) mass is 284 g/mol. The maximum absolute atomic E-state index is 10.4. The van der Waals surface area contributed by atoms with E-state index in [1.54, 1.807) is 0 Å². The second-order valence-electron chi connectivity index (χ2n) is 8.51. The third kappa shape index (κ3) is 2.66. The maximum Gasteiger partial charge on any atom is 0.192 e. The molecule has 2 aliphatic rings. The first-order chi connectivity index (χ1) is 8.58. The van der Waals surface area contributed by atoms with E-state index < -0.39 is 8.32 Å². The molecule has 0 aromatic heterocycles. The summed E-state index contributed by atoms with van der Waals surface area (Å²) in [5.74, 6) is 0.574. The van der Waals surface area contributed by atoms with Gasteiger partial charge in [0.1, 0.15) is 0 Å². The molecule has 2 fully saturated rings. The van der Waals surface area contributed by atoms with Crippen molar-refractivity contribution >= 4 is 8.32 Å². The highest BCUT2D eigenvalue weighted by Crippen LogP contribution is 2.54. The summed E-state index contributed by atoms with van der Waals surface area (Å²) >= 11 is 0. The van der Waals surface area contributed by atoms with Crippen LogP contribution < -0.4 is 0 Å². The van der Waals surface area contributed by atoms with Crippen LogP contribution in [0.25, 0.3) is 0 Å². The van der Waals surface area contributed by atoms with Crippen LogP contribution in [0, 0.1) is 11.3 Å². The van der Waals surface area contributed by atoms with Gasteiger partial charge in [-0.05, 0) is 55.1 Å². The molecular formula is C16H32O2Si. The zero-order valence-electron chi connectivity index (χ0n) is 13.6. The lowest BCUT2D eigenvalue weighted by Gasteiger charge is -2.49. The SMILES string of the molecule is CC(C)(C)[Si](C)(C)O[C@H]1CC[C@H](O)[C@]2(C)CCC[C@@H]12. The average molecular weight is 285 g/mol. The van der Waals surface area contributed by atoms with Gasteiger partial charge in [0, 0.05) is 6.10 Å². The number of hydrogen-bond donors (Lipinski definition) is 1. The molecule has 19 heavy (non-hydrogen) atoms. The molecule has 0 bridgehead atoms. The Bertz CT molecular complexity index is 334. The zero-order chi connectivity index (χ0) is 14.5. The fourth-order valence-corrected chi connectivity index (χ4v) is 5.18. The summed E-state index contributed by atoms with van der Waals surface area (Å²) < 4.78 is 6.70. The molecule has 1 N–H and O–H groups in total. The summed E-state index contributed by atoms with van der Waals surface area (Å²) in [7, 11) is -1.69. The van der Waals surface area contributed by atoms with Crippen molar-refractivity contribution in [2.24, 2.45) is 11.3 Å². The molecule has 0 unspecified atom stereocenters. The molecule has 2 rings (SSSR count). The van der Waals surface area contributed by atoms with Gasteiger partial charge in [-0.1, -0.05) is 34.1 Å². The lowest BCUT2D eigenvalue weighted by molar-refractivity contribution is -0.0793. The normalized spacial score (nSPS) is 40.3. The van der Waals surface area contributed by atoms with Crippen molar-refractivity contribution in [3.05, 3.63) is 0 Å². The van der Waals surface area contributed by atoms with Crippen molar-refractivity contribution in [3.63, 3.8) is 0 Å². The summed E-state index contributed by atoms with van der Waals surface area (Å²) in [4.78, 5) is 0. The van der Waals surface area contributed by atoms with Crippen LogP contribution in [-0.4, -0.2) is 25.6 Å². The third-order valence-corrected chi connectivity index (χ3v) is 10.8. The van der Waals surface area contributed by atoms with Gasteiger partial charge in [-0.2, -0.15) is 0 Å². The molecule has 0 saturated heterocycles. The van der Waals surface area contributed by atoms with Crippen molar-refractivity contribution in [1.29, 1.82) is 0 Å². The molecule has 2 saturated carbocycles. The van der Waals surface area contributed by atoms with E-state index in [-0.39, 0.29) is 16.6 Å². The summed E-state index contributed by atoms with van der Waals surface area (Å²) in [6, 6.07) is 0. The van der Waals surface area contributed by atoms with Crippen molar-refractivity contribution < 1.29 is 9.53 Å². The molecule has 112 valence electrons. The minimum Gasteiger partial charge on any atom is -0.414 e. The van der Waals surface area contributed by atoms with Crippen LogP contribution in [-0.2, 0) is 4.43 Å². The first-order valence-electron chi connectivity index (χ1n) is 7.94. The molecule has 4 atom stereocenters. The maximum atomic E-state index is 10.4. The quantitative estimate of drug-likeness (QED) is 0.764. The Balaban J connectivity index is 2.14. The number of fused-ring (bicyclic) bond motifs is 1. The summed E-state index contributed by atoms with van der Waals surface area (Å²) in [6.45, 7) is 13.9. The molecule has 0 amide bonds. The number of aliphatic hydroxyl groups excluding tert-OH is 1. The van der Waals surface area contributed by atoms with Gasteiger partial charge in [-0.15, -0.1) is 0 Å². The van der Waals surface area contributed by atoms with Crippen LogP contribution in [0.4, 0.5) is 0 Å². The minimum absolute atomic E-state index is 0.112. The van der Waals surface area contributed by atoms with Crippen LogP contribution in [0.5, 0.6) is 0 Å². The Morgan fingerprint density at radius 2 is 1.79 bits per heavy atom. The number of hydrogen-bond acceptors (Lipinski definition) is 2. The minimum atomic E-state index is -1.69. The summed E-state index contributed by atoms with van der Waals surface area (Å²) in [5, 5.41) is 10.6. The van der Waals surface area contributed by atoms with Crippen molar-refractivity contribution in [1.82, 2.24) is 0 Å². The summed E-state index contributed by atoms with van der Waals surface area (Å²) in [6.07, 6.45) is 5.93. The van der Waals surface area contributed by atoms with Crippen molar-refractivity contribution in [2.45, 2.75) is 90.1 Å². The zero-order valence-corrected chi connectivity index (χ0v) is 14.6. The van der Waals surface area contributed by atoms with E-state index >= 15 is 0 Å². The fourth-order valence-electron chi connectivity index (χ4n) is 3.79. The van der Waals surface area contributed by atoms with E-state index in [2.05, 4.69) is 40.8 Å². The van der Waals surface area contributed by atoms with E-state index in [9.17, 15) is 5.11 Å². The van der Waals surface area contributed by atoms with E-state index in [0.717, 1.165) is 12.8 Å². The Labute approximate surface area is 120 Å². The van der Waals surface area contributed by atoms with Crippen LogP contribution in [0.15, 0.2) is 0 Å². The van der Waals surface area contributed by atoms with Gasteiger partial charge in [0.2, 0.25) is 0 Å². The van der Waals surface area contributed by atoms with E-state index in [4.69, 9.17) is 4.43 Å². The molecule has 0 heterocycles. The van der Waals surface area contributed by atoms with Crippen molar-refractivity contribution in [3.8, 4) is 0 Å². The number of aliphatic hydroxyl groups is 1. The predicted molar refractivity (Wildman–Crippen MR) is 82.8 cm³/mol. The lowest BCUT2D eigenvalue weighted by atomic mass is 9.66. The Morgan fingerprint density at radius 1 is 1.16 bits per heavy atom. The second-order valence-corrected chi connectivity index (χ2v) is 13.3. The van der Waals surface area contributed by atoms with Gasteiger partial charge in [0.05, 0.1) is 6.10 Å². The van der Waals surface area contributed by atoms with Gasteiger partial charge in [0.15, 0.2) is 8.32 Å². The van der Waals surface area contributed by atoms with Gasteiger partial charge in [-0.25, -0.2) is 0 Å². The van der Waals surface area contributed by atoms with Crippen LogP contribution in [0.2, 0.25) is 18.1 Å². The van der Waals surface area contributed by atoms with Crippen molar-refractivity contribution in [2.75, 3.05) is 0 Å². The highest BCUT2D eigenvalue weighted by molar-refractivity contribution is 6.74. The van der Waals surface area contributed by atoms with E-state index in [1.807, 2.05) is 0 Å². The molecule has 0 spiro atoms.